The lowest BCUT2D eigenvalue weighted by molar-refractivity contribution is -0.140. The SMILES string of the molecule is Cn1ccnc1CCC(NC=O)C(=O)O. The predicted octanol–water partition coefficient (Wildman–Crippen LogP) is -0.448. The third-order valence-electron chi connectivity index (χ3n) is 2.14. The molecule has 1 amide bonds. The summed E-state index contributed by atoms with van der Waals surface area (Å²) >= 11 is 0. The van der Waals surface area contributed by atoms with E-state index in [2.05, 4.69) is 10.3 Å². The van der Waals surface area contributed by atoms with Gasteiger partial charge in [0.2, 0.25) is 6.41 Å². The van der Waals surface area contributed by atoms with Crippen molar-refractivity contribution >= 4 is 12.4 Å². The first kappa shape index (κ1) is 11.2. The second-order valence-electron chi connectivity index (χ2n) is 3.17. The van der Waals surface area contributed by atoms with Crippen molar-refractivity contribution < 1.29 is 14.7 Å². The van der Waals surface area contributed by atoms with Crippen LogP contribution in [0.2, 0.25) is 0 Å². The first-order valence-electron chi connectivity index (χ1n) is 4.54. The number of imidazole rings is 1. The molecule has 82 valence electrons. The van der Waals surface area contributed by atoms with Crippen LogP contribution < -0.4 is 5.32 Å². The van der Waals surface area contributed by atoms with Crippen LogP contribution in [-0.4, -0.2) is 33.1 Å². The van der Waals surface area contributed by atoms with Crippen molar-refractivity contribution in [3.8, 4) is 0 Å². The van der Waals surface area contributed by atoms with Gasteiger partial charge < -0.3 is 15.0 Å². The van der Waals surface area contributed by atoms with Crippen molar-refractivity contribution in [2.75, 3.05) is 0 Å². The number of aromatic nitrogens is 2. The topological polar surface area (TPSA) is 84.2 Å². The van der Waals surface area contributed by atoms with Gasteiger partial charge in [0.05, 0.1) is 0 Å². The van der Waals surface area contributed by atoms with Gasteiger partial charge in [-0.1, -0.05) is 0 Å². The highest BCUT2D eigenvalue weighted by atomic mass is 16.4. The van der Waals surface area contributed by atoms with E-state index in [1.165, 1.54) is 0 Å². The Hall–Kier alpha value is -1.85. The molecule has 0 aliphatic rings. The number of aryl methyl sites for hydroxylation is 2. The van der Waals surface area contributed by atoms with Crippen molar-refractivity contribution in [3.05, 3.63) is 18.2 Å². The van der Waals surface area contributed by atoms with Gasteiger partial charge in [-0.25, -0.2) is 9.78 Å². The highest BCUT2D eigenvalue weighted by molar-refractivity contribution is 5.76. The highest BCUT2D eigenvalue weighted by Gasteiger charge is 2.16. The molecule has 0 saturated carbocycles. The summed E-state index contributed by atoms with van der Waals surface area (Å²) in [7, 11) is 1.84. The lowest BCUT2D eigenvalue weighted by atomic mass is 10.1. The summed E-state index contributed by atoms with van der Waals surface area (Å²) in [5.74, 6) is -0.231. The lowest BCUT2D eigenvalue weighted by Crippen LogP contribution is -2.36. The van der Waals surface area contributed by atoms with Crippen molar-refractivity contribution in [2.24, 2.45) is 7.05 Å². The number of nitrogens with zero attached hydrogens (tertiary/aromatic N) is 2. The molecule has 0 bridgehead atoms. The molecular weight excluding hydrogens is 198 g/mol. The first-order valence-corrected chi connectivity index (χ1v) is 4.54. The summed E-state index contributed by atoms with van der Waals surface area (Å²) in [6.45, 7) is 0. The Labute approximate surface area is 86.9 Å². The summed E-state index contributed by atoms with van der Waals surface area (Å²) in [6.07, 6.45) is 4.69. The summed E-state index contributed by atoms with van der Waals surface area (Å²) in [4.78, 5) is 24.9. The third kappa shape index (κ3) is 3.08. The maximum absolute atomic E-state index is 10.7. The Morgan fingerprint density at radius 2 is 2.53 bits per heavy atom. The van der Waals surface area contributed by atoms with Crippen LogP contribution in [0.3, 0.4) is 0 Å². The quantitative estimate of drug-likeness (QED) is 0.624. The minimum Gasteiger partial charge on any atom is -0.480 e. The molecule has 1 heterocycles. The summed E-state index contributed by atoms with van der Waals surface area (Å²) < 4.78 is 1.82. The van der Waals surface area contributed by atoms with E-state index in [-0.39, 0.29) is 0 Å². The Balaban J connectivity index is 2.50. The Bertz CT molecular complexity index is 348. The zero-order valence-corrected chi connectivity index (χ0v) is 8.38. The molecule has 1 atom stereocenters. The van der Waals surface area contributed by atoms with Gasteiger partial charge in [-0.2, -0.15) is 0 Å². The van der Waals surface area contributed by atoms with Crippen LogP contribution in [0.25, 0.3) is 0 Å². The van der Waals surface area contributed by atoms with E-state index in [0.717, 1.165) is 5.82 Å². The second kappa shape index (κ2) is 5.14. The Kier molecular flexibility index (Phi) is 3.84. The summed E-state index contributed by atoms with van der Waals surface area (Å²) in [5.41, 5.74) is 0. The van der Waals surface area contributed by atoms with Crippen LogP contribution in [0.5, 0.6) is 0 Å². The number of carboxylic acids is 1. The summed E-state index contributed by atoms with van der Waals surface area (Å²) in [6, 6.07) is -0.848. The van der Waals surface area contributed by atoms with Crippen molar-refractivity contribution in [1.29, 1.82) is 0 Å². The highest BCUT2D eigenvalue weighted by Crippen LogP contribution is 2.02. The summed E-state index contributed by atoms with van der Waals surface area (Å²) in [5, 5.41) is 11.0. The molecule has 1 rings (SSSR count). The molecule has 0 radical (unpaired) electrons. The molecule has 1 unspecified atom stereocenters. The number of carbonyl (C=O) groups is 2. The van der Waals surface area contributed by atoms with Crippen LogP contribution >= 0.6 is 0 Å². The fraction of sp³-hybridized carbons (Fsp3) is 0.444. The molecule has 0 fully saturated rings. The molecule has 6 nitrogen and oxygen atoms in total. The van der Waals surface area contributed by atoms with E-state index < -0.39 is 12.0 Å². The van der Waals surface area contributed by atoms with E-state index in [0.29, 0.717) is 19.3 Å². The average Bonchev–Trinajstić information content (AvgIpc) is 2.58. The van der Waals surface area contributed by atoms with Gasteiger partial charge in [0, 0.05) is 25.9 Å². The average molecular weight is 211 g/mol. The van der Waals surface area contributed by atoms with E-state index in [9.17, 15) is 9.59 Å². The number of hydrogen-bond donors (Lipinski definition) is 2. The largest absolute Gasteiger partial charge is 0.480 e. The maximum atomic E-state index is 10.7. The minimum atomic E-state index is -1.03. The molecule has 1 aromatic rings. The van der Waals surface area contributed by atoms with Gasteiger partial charge in [0.25, 0.3) is 0 Å². The number of carbonyl (C=O) groups excluding carboxylic acids is 1. The van der Waals surface area contributed by atoms with Gasteiger partial charge in [-0.3, -0.25) is 4.79 Å². The van der Waals surface area contributed by atoms with Gasteiger partial charge in [-0.15, -0.1) is 0 Å². The molecule has 0 saturated heterocycles. The number of amides is 1. The fourth-order valence-electron chi connectivity index (χ4n) is 1.27. The zero-order chi connectivity index (χ0) is 11.3. The molecular formula is C9H13N3O3. The van der Waals surface area contributed by atoms with Crippen LogP contribution in [0, 0.1) is 0 Å². The lowest BCUT2D eigenvalue weighted by Gasteiger charge is -2.10. The van der Waals surface area contributed by atoms with E-state index in [4.69, 9.17) is 5.11 Å². The van der Waals surface area contributed by atoms with Gasteiger partial charge in [-0.05, 0) is 6.42 Å². The molecule has 0 aliphatic heterocycles. The van der Waals surface area contributed by atoms with Crippen LogP contribution in [0.4, 0.5) is 0 Å². The normalized spacial score (nSPS) is 12.1. The Morgan fingerprint density at radius 3 is 3.00 bits per heavy atom. The Morgan fingerprint density at radius 1 is 1.80 bits per heavy atom. The molecule has 6 heteroatoms. The standard InChI is InChI=1S/C9H13N3O3/c1-12-5-4-10-8(12)3-2-7(9(14)15)11-6-13/h4-7H,2-3H2,1H3,(H,11,13)(H,14,15). The number of aliphatic carboxylic acids is 1. The number of rotatable bonds is 6. The molecule has 2 N–H and O–H groups in total. The third-order valence-corrected chi connectivity index (χ3v) is 2.14. The first-order chi connectivity index (χ1) is 7.15. The van der Waals surface area contributed by atoms with Gasteiger partial charge in [0.1, 0.15) is 11.9 Å². The fourth-order valence-corrected chi connectivity index (χ4v) is 1.27. The van der Waals surface area contributed by atoms with E-state index >= 15 is 0 Å². The number of carboxylic acid groups (broad SMARTS) is 1. The zero-order valence-electron chi connectivity index (χ0n) is 8.38. The van der Waals surface area contributed by atoms with Gasteiger partial charge in [0.15, 0.2) is 0 Å². The maximum Gasteiger partial charge on any atom is 0.326 e. The smallest absolute Gasteiger partial charge is 0.326 e. The van der Waals surface area contributed by atoms with Crippen LogP contribution in [0.15, 0.2) is 12.4 Å². The molecule has 15 heavy (non-hydrogen) atoms. The van der Waals surface area contributed by atoms with Crippen LogP contribution in [0.1, 0.15) is 12.2 Å². The number of nitrogens with one attached hydrogen (secondary N) is 1. The van der Waals surface area contributed by atoms with Gasteiger partial charge >= 0.3 is 5.97 Å². The van der Waals surface area contributed by atoms with E-state index in [1.54, 1.807) is 12.4 Å². The minimum absolute atomic E-state index is 0.332. The molecule has 1 aromatic heterocycles. The number of hydrogen-bond acceptors (Lipinski definition) is 3. The predicted molar refractivity (Wildman–Crippen MR) is 52.2 cm³/mol. The van der Waals surface area contributed by atoms with E-state index in [1.807, 2.05) is 11.6 Å². The molecule has 0 aliphatic carbocycles. The van der Waals surface area contributed by atoms with Crippen LogP contribution in [-0.2, 0) is 23.1 Å². The molecule has 0 spiro atoms. The van der Waals surface area contributed by atoms with Crippen molar-refractivity contribution in [2.45, 2.75) is 18.9 Å². The molecule has 0 aromatic carbocycles. The van der Waals surface area contributed by atoms with Crippen molar-refractivity contribution in [1.82, 2.24) is 14.9 Å². The monoisotopic (exact) mass is 211 g/mol. The second-order valence-corrected chi connectivity index (χ2v) is 3.17. The van der Waals surface area contributed by atoms with Crippen molar-refractivity contribution in [3.63, 3.8) is 0 Å².